The highest BCUT2D eigenvalue weighted by molar-refractivity contribution is 7.92. The average molecular weight is 674 g/mol. The summed E-state index contributed by atoms with van der Waals surface area (Å²) in [6.07, 6.45) is 4.09. The second kappa shape index (κ2) is 15.5. The Balaban J connectivity index is 1.59. The van der Waals surface area contributed by atoms with E-state index in [-0.39, 0.29) is 46.3 Å². The van der Waals surface area contributed by atoms with Crippen LogP contribution in [-0.2, 0) is 32.6 Å². The Bertz CT molecular complexity index is 1760. The minimum atomic E-state index is -4.30. The molecule has 8 nitrogen and oxygen atoms in total. The highest BCUT2D eigenvalue weighted by Gasteiger charge is 2.36. The van der Waals surface area contributed by atoms with Gasteiger partial charge in [-0.15, -0.1) is 0 Å². The molecular formula is C37H40ClN3O5S. The number of ether oxygens (including phenoxy) is 1. The Kier molecular flexibility index (Phi) is 11.2. The van der Waals surface area contributed by atoms with Crippen molar-refractivity contribution in [2.24, 2.45) is 0 Å². The van der Waals surface area contributed by atoms with Gasteiger partial charge in [-0.3, -0.25) is 13.9 Å². The van der Waals surface area contributed by atoms with Gasteiger partial charge in [0.25, 0.3) is 10.0 Å². The first-order valence-electron chi connectivity index (χ1n) is 15.8. The maximum Gasteiger partial charge on any atom is 0.264 e. The average Bonchev–Trinajstić information content (AvgIpc) is 3.59. The fraction of sp³-hybridized carbons (Fsp3) is 0.297. The molecular weight excluding hydrogens is 634 g/mol. The zero-order valence-corrected chi connectivity index (χ0v) is 28.2. The van der Waals surface area contributed by atoms with E-state index in [2.05, 4.69) is 5.32 Å². The zero-order chi connectivity index (χ0) is 33.4. The van der Waals surface area contributed by atoms with E-state index in [1.165, 1.54) is 30.2 Å². The number of halogens is 1. The number of benzene rings is 4. The van der Waals surface area contributed by atoms with E-state index in [0.29, 0.717) is 0 Å². The van der Waals surface area contributed by atoms with E-state index in [1.54, 1.807) is 24.3 Å². The lowest BCUT2D eigenvalue weighted by atomic mass is 10.0. The third-order valence-corrected chi connectivity index (χ3v) is 10.5. The first-order valence-corrected chi connectivity index (χ1v) is 17.6. The van der Waals surface area contributed by atoms with Crippen molar-refractivity contribution in [2.75, 3.05) is 18.0 Å². The number of methoxy groups -OCH3 is 1. The number of hydrogen-bond donors (Lipinski definition) is 1. The fourth-order valence-corrected chi connectivity index (χ4v) is 7.49. The first kappa shape index (κ1) is 34.0. The van der Waals surface area contributed by atoms with Crippen molar-refractivity contribution >= 4 is 39.1 Å². The van der Waals surface area contributed by atoms with Gasteiger partial charge in [0.1, 0.15) is 18.3 Å². The summed E-state index contributed by atoms with van der Waals surface area (Å²) in [6, 6.07) is 29.1. The van der Waals surface area contributed by atoms with Crippen molar-refractivity contribution < 1.29 is 22.7 Å². The van der Waals surface area contributed by atoms with Gasteiger partial charge in [-0.2, -0.15) is 0 Å². The van der Waals surface area contributed by atoms with Crippen LogP contribution in [0.5, 0.6) is 5.75 Å². The molecule has 1 atom stereocenters. The summed E-state index contributed by atoms with van der Waals surface area (Å²) in [5.41, 5.74) is 2.69. The van der Waals surface area contributed by atoms with Crippen LogP contribution >= 0.6 is 11.6 Å². The highest BCUT2D eigenvalue weighted by atomic mass is 35.5. The van der Waals surface area contributed by atoms with Crippen LogP contribution in [0.2, 0.25) is 5.02 Å². The molecule has 0 unspecified atom stereocenters. The number of amides is 2. The molecule has 1 aliphatic carbocycles. The van der Waals surface area contributed by atoms with E-state index < -0.39 is 28.5 Å². The van der Waals surface area contributed by atoms with Crippen molar-refractivity contribution in [3.8, 4) is 5.75 Å². The molecule has 4 aromatic carbocycles. The predicted octanol–water partition coefficient (Wildman–Crippen LogP) is 6.55. The van der Waals surface area contributed by atoms with Crippen LogP contribution in [0.25, 0.3) is 0 Å². The Morgan fingerprint density at radius 1 is 0.894 bits per heavy atom. The zero-order valence-electron chi connectivity index (χ0n) is 26.6. The van der Waals surface area contributed by atoms with Gasteiger partial charge in [0.2, 0.25) is 11.8 Å². The Labute approximate surface area is 282 Å². The van der Waals surface area contributed by atoms with Crippen LogP contribution in [0.3, 0.4) is 0 Å². The minimum absolute atomic E-state index is 0.00681. The Hall–Kier alpha value is -4.34. The summed E-state index contributed by atoms with van der Waals surface area (Å²) in [4.78, 5) is 30.3. The van der Waals surface area contributed by atoms with E-state index in [1.807, 2.05) is 67.6 Å². The summed E-state index contributed by atoms with van der Waals surface area (Å²) in [7, 11) is -2.87. The monoisotopic (exact) mass is 673 g/mol. The van der Waals surface area contributed by atoms with Gasteiger partial charge in [-0.05, 0) is 61.2 Å². The number of aryl methyl sites for hydroxylation is 1. The smallest absolute Gasteiger partial charge is 0.264 e. The highest BCUT2D eigenvalue weighted by Crippen LogP contribution is 2.35. The van der Waals surface area contributed by atoms with Gasteiger partial charge in [0, 0.05) is 24.0 Å². The Morgan fingerprint density at radius 2 is 1.51 bits per heavy atom. The second-order valence-electron chi connectivity index (χ2n) is 11.8. The summed E-state index contributed by atoms with van der Waals surface area (Å²) in [5.74, 6) is -0.584. The number of hydrogen-bond acceptors (Lipinski definition) is 5. The minimum Gasteiger partial charge on any atom is -0.495 e. The largest absolute Gasteiger partial charge is 0.495 e. The molecule has 0 heterocycles. The van der Waals surface area contributed by atoms with Crippen LogP contribution in [0.4, 0.5) is 5.69 Å². The molecule has 1 N–H and O–H groups in total. The molecule has 5 rings (SSSR count). The van der Waals surface area contributed by atoms with Gasteiger partial charge >= 0.3 is 0 Å². The van der Waals surface area contributed by atoms with Crippen LogP contribution in [0.1, 0.15) is 42.4 Å². The molecule has 1 fully saturated rings. The molecule has 10 heteroatoms. The lowest BCUT2D eigenvalue weighted by molar-refractivity contribution is -0.140. The maximum absolute atomic E-state index is 14.7. The molecule has 47 heavy (non-hydrogen) atoms. The SMILES string of the molecule is COc1ccc(Cl)cc1N(CC(=O)N(Cc1ccccc1)[C@@H](Cc1ccccc1)C(=O)NC1CCCC1)S(=O)(=O)c1ccc(C)cc1. The number of nitrogens with zero attached hydrogens (tertiary/aromatic N) is 2. The number of sulfonamides is 1. The van der Waals surface area contributed by atoms with Crippen molar-refractivity contribution in [1.82, 2.24) is 10.2 Å². The molecule has 246 valence electrons. The van der Waals surface area contributed by atoms with E-state index in [4.69, 9.17) is 16.3 Å². The normalized spacial score (nSPS) is 13.9. The third kappa shape index (κ3) is 8.53. The topological polar surface area (TPSA) is 96.0 Å². The lowest BCUT2D eigenvalue weighted by Crippen LogP contribution is -2.54. The van der Waals surface area contributed by atoms with Gasteiger partial charge in [0.05, 0.1) is 17.7 Å². The molecule has 1 saturated carbocycles. The molecule has 0 bridgehead atoms. The number of carbonyl (C=O) groups is 2. The van der Waals surface area contributed by atoms with Crippen molar-refractivity contribution in [1.29, 1.82) is 0 Å². The number of anilines is 1. The molecule has 1 aliphatic rings. The molecule has 2 amide bonds. The van der Waals surface area contributed by atoms with Crippen LogP contribution in [0, 0.1) is 6.92 Å². The van der Waals surface area contributed by atoms with Crippen LogP contribution in [-0.4, -0.2) is 50.9 Å². The maximum atomic E-state index is 14.7. The first-order chi connectivity index (χ1) is 22.7. The van der Waals surface area contributed by atoms with Gasteiger partial charge in [-0.1, -0.05) is 103 Å². The molecule has 0 aliphatic heterocycles. The number of rotatable bonds is 13. The summed E-state index contributed by atoms with van der Waals surface area (Å²) in [5, 5.41) is 3.46. The standard InChI is InChI=1S/C37H40ClN3O5S/c1-27-17-20-32(21-18-27)47(44,45)41(33-24-30(38)19-22-35(33)46-2)26-36(42)40(25-29-13-7-4-8-14-29)34(23-28-11-5-3-6-12-28)37(43)39-31-15-9-10-16-31/h3-8,11-14,17-22,24,31,34H,9-10,15-16,23,25-26H2,1-2H3,(H,39,43)/t34-/m0/s1. The predicted molar refractivity (Wildman–Crippen MR) is 185 cm³/mol. The van der Waals surface area contributed by atoms with Crippen molar-refractivity contribution in [2.45, 2.75) is 62.6 Å². The quantitative estimate of drug-likeness (QED) is 0.174. The van der Waals surface area contributed by atoms with E-state index >= 15 is 0 Å². The van der Waals surface area contributed by atoms with E-state index in [9.17, 15) is 18.0 Å². The summed E-state index contributed by atoms with van der Waals surface area (Å²) >= 11 is 6.38. The van der Waals surface area contributed by atoms with Crippen molar-refractivity contribution in [3.05, 3.63) is 125 Å². The number of carbonyl (C=O) groups excluding carboxylic acids is 2. The van der Waals surface area contributed by atoms with Gasteiger partial charge in [-0.25, -0.2) is 8.42 Å². The Morgan fingerprint density at radius 3 is 2.13 bits per heavy atom. The number of nitrogens with one attached hydrogen (secondary N) is 1. The molecule has 0 spiro atoms. The molecule has 0 aromatic heterocycles. The molecule has 0 saturated heterocycles. The second-order valence-corrected chi connectivity index (χ2v) is 14.1. The van der Waals surface area contributed by atoms with Gasteiger partial charge in [0.15, 0.2) is 0 Å². The molecule has 0 radical (unpaired) electrons. The van der Waals surface area contributed by atoms with Gasteiger partial charge < -0.3 is 15.0 Å². The van der Waals surface area contributed by atoms with Crippen LogP contribution < -0.4 is 14.4 Å². The third-order valence-electron chi connectivity index (χ3n) is 8.47. The summed E-state index contributed by atoms with van der Waals surface area (Å²) < 4.78 is 35.3. The van der Waals surface area contributed by atoms with Crippen LogP contribution in [0.15, 0.2) is 108 Å². The fourth-order valence-electron chi connectivity index (χ4n) is 5.91. The van der Waals surface area contributed by atoms with Crippen molar-refractivity contribution in [3.63, 3.8) is 0 Å². The van der Waals surface area contributed by atoms with E-state index in [0.717, 1.165) is 46.7 Å². The summed E-state index contributed by atoms with van der Waals surface area (Å²) in [6.45, 7) is 1.37. The molecule has 4 aromatic rings. The lowest BCUT2D eigenvalue weighted by Gasteiger charge is -2.34.